The van der Waals surface area contributed by atoms with Gasteiger partial charge in [-0.1, -0.05) is 13.3 Å². The molecular formula is C14H25N3O3. The van der Waals surface area contributed by atoms with Crippen LogP contribution < -0.4 is 0 Å². The molecule has 0 aliphatic heterocycles. The number of hydrogen-bond acceptors (Lipinski definition) is 5. The van der Waals surface area contributed by atoms with Crippen LogP contribution in [0.2, 0.25) is 0 Å². The first-order valence-corrected chi connectivity index (χ1v) is 7.15. The first kappa shape index (κ1) is 16.7. The molecular weight excluding hydrogens is 258 g/mol. The number of rotatable bonds is 9. The molecule has 0 unspecified atom stereocenters. The maximum atomic E-state index is 11.9. The molecule has 6 heteroatoms. The second-order valence-electron chi connectivity index (χ2n) is 4.70. The van der Waals surface area contributed by atoms with Crippen LogP contribution in [0.15, 0.2) is 6.20 Å². The van der Waals surface area contributed by atoms with E-state index in [1.54, 1.807) is 17.8 Å². The predicted molar refractivity (Wildman–Crippen MR) is 76.4 cm³/mol. The lowest BCUT2D eigenvalue weighted by atomic mass is 10.2. The lowest BCUT2D eigenvalue weighted by Gasteiger charge is -2.21. The number of carbonyl (C=O) groups excluding carboxylic acids is 1. The first-order chi connectivity index (χ1) is 9.63. The number of ether oxygens (including phenoxy) is 1. The van der Waals surface area contributed by atoms with Crippen LogP contribution in [-0.2, 0) is 18.3 Å². The van der Waals surface area contributed by atoms with Gasteiger partial charge in [-0.3, -0.25) is 9.58 Å². The minimum absolute atomic E-state index is 0.107. The monoisotopic (exact) mass is 283 g/mol. The van der Waals surface area contributed by atoms with E-state index in [9.17, 15) is 4.79 Å². The van der Waals surface area contributed by atoms with E-state index in [0.717, 1.165) is 25.1 Å². The van der Waals surface area contributed by atoms with Crippen molar-refractivity contribution >= 4 is 5.97 Å². The van der Waals surface area contributed by atoms with Crippen LogP contribution in [-0.4, -0.2) is 52.1 Å². The lowest BCUT2D eigenvalue weighted by Crippen LogP contribution is -2.29. The highest BCUT2D eigenvalue weighted by atomic mass is 16.5. The number of aliphatic hydroxyl groups is 1. The molecule has 0 aromatic carbocycles. The zero-order valence-corrected chi connectivity index (χ0v) is 12.6. The minimum atomic E-state index is -0.338. The van der Waals surface area contributed by atoms with Gasteiger partial charge in [0.25, 0.3) is 0 Å². The molecule has 114 valence electrons. The van der Waals surface area contributed by atoms with Gasteiger partial charge in [-0.25, -0.2) is 4.79 Å². The van der Waals surface area contributed by atoms with Crippen molar-refractivity contribution in [2.75, 3.05) is 26.3 Å². The van der Waals surface area contributed by atoms with Crippen LogP contribution in [0.1, 0.15) is 42.7 Å². The summed E-state index contributed by atoms with van der Waals surface area (Å²) in [5, 5.41) is 13.3. The number of aryl methyl sites for hydroxylation is 1. The molecule has 1 aromatic rings. The molecule has 0 amide bonds. The highest BCUT2D eigenvalue weighted by Gasteiger charge is 2.19. The van der Waals surface area contributed by atoms with Crippen LogP contribution in [0.5, 0.6) is 0 Å². The van der Waals surface area contributed by atoms with Gasteiger partial charge >= 0.3 is 5.97 Å². The van der Waals surface area contributed by atoms with Gasteiger partial charge in [0.15, 0.2) is 0 Å². The summed E-state index contributed by atoms with van der Waals surface area (Å²) < 4.78 is 6.74. The standard InChI is InChI=1S/C14H25N3O3/c1-4-6-7-17(8-9-18)11-13-12(10-15-16(13)3)14(19)20-5-2/h10,18H,4-9,11H2,1-3H3. The number of nitrogens with zero attached hydrogens (tertiary/aromatic N) is 3. The molecule has 6 nitrogen and oxygen atoms in total. The molecule has 0 saturated carbocycles. The van der Waals surface area contributed by atoms with Gasteiger partial charge in [0, 0.05) is 20.1 Å². The summed E-state index contributed by atoms with van der Waals surface area (Å²) in [5.74, 6) is -0.338. The van der Waals surface area contributed by atoms with Crippen molar-refractivity contribution in [1.29, 1.82) is 0 Å². The Hall–Kier alpha value is -1.40. The largest absolute Gasteiger partial charge is 0.462 e. The molecule has 1 N–H and O–H groups in total. The van der Waals surface area contributed by atoms with Crippen molar-refractivity contribution in [2.24, 2.45) is 7.05 Å². The SMILES string of the molecule is CCCCN(CCO)Cc1c(C(=O)OCC)cnn1C. The van der Waals surface area contributed by atoms with Crippen molar-refractivity contribution in [3.8, 4) is 0 Å². The molecule has 0 saturated heterocycles. The molecule has 0 spiro atoms. The fraction of sp³-hybridized carbons (Fsp3) is 0.714. The Morgan fingerprint density at radius 1 is 1.45 bits per heavy atom. The molecule has 20 heavy (non-hydrogen) atoms. The van der Waals surface area contributed by atoms with E-state index >= 15 is 0 Å². The number of aromatic nitrogens is 2. The van der Waals surface area contributed by atoms with Crippen LogP contribution in [0.25, 0.3) is 0 Å². The van der Waals surface area contributed by atoms with E-state index in [-0.39, 0.29) is 12.6 Å². The van der Waals surface area contributed by atoms with Crippen molar-refractivity contribution < 1.29 is 14.6 Å². The van der Waals surface area contributed by atoms with Gasteiger partial charge in [0.1, 0.15) is 5.56 Å². The topological polar surface area (TPSA) is 67.6 Å². The number of esters is 1. The van der Waals surface area contributed by atoms with E-state index in [1.165, 1.54) is 0 Å². The zero-order valence-electron chi connectivity index (χ0n) is 12.6. The second kappa shape index (κ2) is 8.71. The summed E-state index contributed by atoms with van der Waals surface area (Å²) in [6.07, 6.45) is 3.70. The van der Waals surface area contributed by atoms with Gasteiger partial charge in [-0.2, -0.15) is 5.10 Å². The van der Waals surface area contributed by atoms with Crippen molar-refractivity contribution in [2.45, 2.75) is 33.2 Å². The lowest BCUT2D eigenvalue weighted by molar-refractivity contribution is 0.0523. The normalized spacial score (nSPS) is 11.1. The Bertz CT molecular complexity index is 418. The van der Waals surface area contributed by atoms with Crippen LogP contribution in [0, 0.1) is 0 Å². The Balaban J connectivity index is 2.82. The van der Waals surface area contributed by atoms with Gasteiger partial charge < -0.3 is 9.84 Å². The third kappa shape index (κ3) is 4.61. The van der Waals surface area contributed by atoms with Crippen LogP contribution >= 0.6 is 0 Å². The minimum Gasteiger partial charge on any atom is -0.462 e. The van der Waals surface area contributed by atoms with E-state index in [0.29, 0.717) is 25.3 Å². The molecule has 0 aliphatic rings. The molecule has 1 rings (SSSR count). The highest BCUT2D eigenvalue weighted by Crippen LogP contribution is 2.13. The number of carbonyl (C=O) groups is 1. The van der Waals surface area contributed by atoms with Crippen molar-refractivity contribution in [3.05, 3.63) is 17.5 Å². The molecule has 1 aromatic heterocycles. The fourth-order valence-corrected chi connectivity index (χ4v) is 2.03. The van der Waals surface area contributed by atoms with E-state index in [4.69, 9.17) is 9.84 Å². The molecule has 0 atom stereocenters. The predicted octanol–water partition coefficient (Wildman–Crippen LogP) is 1.19. The maximum absolute atomic E-state index is 11.9. The zero-order chi connectivity index (χ0) is 15.0. The Morgan fingerprint density at radius 3 is 2.80 bits per heavy atom. The van der Waals surface area contributed by atoms with Gasteiger partial charge in [-0.05, 0) is 19.9 Å². The summed E-state index contributed by atoms with van der Waals surface area (Å²) in [6, 6.07) is 0. The summed E-state index contributed by atoms with van der Waals surface area (Å²) in [4.78, 5) is 14.0. The van der Waals surface area contributed by atoms with E-state index in [2.05, 4.69) is 16.9 Å². The molecule has 0 bridgehead atoms. The Morgan fingerprint density at radius 2 is 2.20 bits per heavy atom. The summed E-state index contributed by atoms with van der Waals surface area (Å²) in [7, 11) is 1.81. The third-order valence-corrected chi connectivity index (χ3v) is 3.17. The second-order valence-corrected chi connectivity index (χ2v) is 4.70. The Kier molecular flexibility index (Phi) is 7.25. The summed E-state index contributed by atoms with van der Waals surface area (Å²) in [6.45, 7) is 6.45. The van der Waals surface area contributed by atoms with Crippen molar-refractivity contribution in [3.63, 3.8) is 0 Å². The first-order valence-electron chi connectivity index (χ1n) is 7.15. The van der Waals surface area contributed by atoms with Crippen molar-refractivity contribution in [1.82, 2.24) is 14.7 Å². The summed E-state index contributed by atoms with van der Waals surface area (Å²) >= 11 is 0. The third-order valence-electron chi connectivity index (χ3n) is 3.17. The summed E-state index contributed by atoms with van der Waals surface area (Å²) in [5.41, 5.74) is 1.33. The Labute approximate surface area is 120 Å². The van der Waals surface area contributed by atoms with Gasteiger partial charge in [-0.15, -0.1) is 0 Å². The maximum Gasteiger partial charge on any atom is 0.341 e. The molecule has 0 radical (unpaired) electrons. The number of unbranched alkanes of at least 4 members (excludes halogenated alkanes) is 1. The molecule has 0 aliphatic carbocycles. The molecule has 0 fully saturated rings. The van der Waals surface area contributed by atoms with Crippen LogP contribution in [0.3, 0.4) is 0 Å². The van der Waals surface area contributed by atoms with Gasteiger partial charge in [0.2, 0.25) is 0 Å². The van der Waals surface area contributed by atoms with E-state index < -0.39 is 0 Å². The average molecular weight is 283 g/mol. The smallest absolute Gasteiger partial charge is 0.341 e. The van der Waals surface area contributed by atoms with E-state index in [1.807, 2.05) is 7.05 Å². The molecule has 1 heterocycles. The average Bonchev–Trinajstić information content (AvgIpc) is 2.78. The number of aliphatic hydroxyl groups excluding tert-OH is 1. The quantitative estimate of drug-likeness (QED) is 0.690. The van der Waals surface area contributed by atoms with Gasteiger partial charge in [0.05, 0.1) is 25.1 Å². The van der Waals surface area contributed by atoms with Crippen LogP contribution in [0.4, 0.5) is 0 Å². The highest BCUT2D eigenvalue weighted by molar-refractivity contribution is 5.90. The number of hydrogen-bond donors (Lipinski definition) is 1. The fourth-order valence-electron chi connectivity index (χ4n) is 2.03.